The van der Waals surface area contributed by atoms with Crippen LogP contribution in [0.5, 0.6) is 0 Å². The van der Waals surface area contributed by atoms with E-state index in [1.54, 1.807) is 11.3 Å². The highest BCUT2D eigenvalue weighted by Gasteiger charge is 2.26. The van der Waals surface area contributed by atoms with Crippen LogP contribution in [0.4, 0.5) is 0 Å². The molecule has 1 fully saturated rings. The molecule has 0 radical (unpaired) electrons. The van der Waals surface area contributed by atoms with E-state index in [0.717, 1.165) is 19.4 Å². The van der Waals surface area contributed by atoms with Crippen molar-refractivity contribution < 1.29 is 4.79 Å². The van der Waals surface area contributed by atoms with Crippen molar-refractivity contribution in [3.8, 4) is 0 Å². The minimum absolute atomic E-state index is 0.345. The molecule has 1 aliphatic heterocycles. The Hall–Kier alpha value is -0.830. The third-order valence-corrected chi connectivity index (χ3v) is 4.27. The van der Waals surface area contributed by atoms with Gasteiger partial charge in [-0.05, 0) is 37.1 Å². The number of aryl methyl sites for hydroxylation is 1. The maximum absolute atomic E-state index is 12.0. The lowest BCUT2D eigenvalue weighted by Gasteiger charge is -2.23. The van der Waals surface area contributed by atoms with Gasteiger partial charge in [0.15, 0.2) is 0 Å². The minimum atomic E-state index is 0.345. The van der Waals surface area contributed by atoms with E-state index in [0.29, 0.717) is 18.4 Å². The van der Waals surface area contributed by atoms with Gasteiger partial charge in [0.1, 0.15) is 0 Å². The lowest BCUT2D eigenvalue weighted by Crippen LogP contribution is -2.35. The molecule has 1 aromatic rings. The molecule has 1 saturated heterocycles. The molecule has 1 atom stereocenters. The number of nitrogens with zero attached hydrogens (tertiary/aromatic N) is 1. The zero-order chi connectivity index (χ0) is 11.4. The first kappa shape index (κ1) is 11.6. The van der Waals surface area contributed by atoms with Crippen LogP contribution in [0.2, 0.25) is 0 Å². The Morgan fingerprint density at radius 2 is 2.50 bits per heavy atom. The number of rotatable bonds is 4. The molecule has 0 bridgehead atoms. The normalized spacial score (nSPS) is 20.3. The molecule has 1 aromatic heterocycles. The highest BCUT2D eigenvalue weighted by molar-refractivity contribution is 7.09. The second-order valence-corrected chi connectivity index (χ2v) is 5.40. The van der Waals surface area contributed by atoms with Crippen molar-refractivity contribution in [3.63, 3.8) is 0 Å². The van der Waals surface area contributed by atoms with Crippen molar-refractivity contribution in [1.29, 1.82) is 0 Å². The number of thiophene rings is 1. The van der Waals surface area contributed by atoms with Gasteiger partial charge in [-0.15, -0.1) is 11.3 Å². The molecule has 88 valence electrons. The van der Waals surface area contributed by atoms with Crippen LogP contribution in [0, 0.1) is 0 Å². The van der Waals surface area contributed by atoms with Gasteiger partial charge < -0.3 is 4.90 Å². The molecular formula is C13H19NOS. The van der Waals surface area contributed by atoms with Crippen LogP contribution in [0.3, 0.4) is 0 Å². The van der Waals surface area contributed by atoms with Gasteiger partial charge in [0.2, 0.25) is 5.91 Å². The number of carbonyl (C=O) groups is 1. The van der Waals surface area contributed by atoms with Gasteiger partial charge in [-0.2, -0.15) is 0 Å². The summed E-state index contributed by atoms with van der Waals surface area (Å²) in [7, 11) is 0. The average Bonchev–Trinajstić information content (AvgIpc) is 2.96. The Balaban J connectivity index is 1.83. The number of carbonyl (C=O) groups excluding carboxylic acids is 1. The van der Waals surface area contributed by atoms with Crippen LogP contribution in [0.25, 0.3) is 0 Å². The number of amides is 1. The molecule has 2 rings (SSSR count). The highest BCUT2D eigenvalue weighted by Crippen LogP contribution is 2.21. The maximum Gasteiger partial charge on any atom is 0.223 e. The zero-order valence-electron chi connectivity index (χ0n) is 9.82. The van der Waals surface area contributed by atoms with Crippen LogP contribution < -0.4 is 0 Å². The predicted octanol–water partition coefficient (Wildman–Crippen LogP) is 3.08. The Morgan fingerprint density at radius 3 is 3.19 bits per heavy atom. The summed E-state index contributed by atoms with van der Waals surface area (Å²) in [4.78, 5) is 15.5. The van der Waals surface area contributed by atoms with E-state index in [1.165, 1.54) is 17.7 Å². The summed E-state index contributed by atoms with van der Waals surface area (Å²) in [6.07, 6.45) is 5.07. The third-order valence-electron chi connectivity index (χ3n) is 3.33. The van der Waals surface area contributed by atoms with E-state index >= 15 is 0 Å². The van der Waals surface area contributed by atoms with Gasteiger partial charge in [-0.25, -0.2) is 0 Å². The summed E-state index contributed by atoms with van der Waals surface area (Å²) in [5.41, 5.74) is 0. The Morgan fingerprint density at radius 1 is 1.62 bits per heavy atom. The van der Waals surface area contributed by atoms with Crippen molar-refractivity contribution in [2.45, 2.75) is 45.1 Å². The fourth-order valence-electron chi connectivity index (χ4n) is 2.42. The fraction of sp³-hybridized carbons (Fsp3) is 0.615. The number of hydrogen-bond acceptors (Lipinski definition) is 2. The minimum Gasteiger partial charge on any atom is -0.340 e. The molecule has 3 heteroatoms. The van der Waals surface area contributed by atoms with Gasteiger partial charge in [-0.1, -0.05) is 13.0 Å². The van der Waals surface area contributed by atoms with E-state index in [1.807, 2.05) is 0 Å². The maximum atomic E-state index is 12.0. The summed E-state index contributed by atoms with van der Waals surface area (Å²) in [6, 6.07) is 4.67. The first-order valence-corrected chi connectivity index (χ1v) is 7.01. The standard InChI is InChI=1S/C13H19NOS/c1-2-11-5-3-9-14(11)13(15)8-7-12-6-4-10-16-12/h4,6,10-11H,2-3,5,7-9H2,1H3. The van der Waals surface area contributed by atoms with E-state index in [-0.39, 0.29) is 0 Å². The fourth-order valence-corrected chi connectivity index (χ4v) is 3.13. The molecule has 0 aliphatic carbocycles. The van der Waals surface area contributed by atoms with E-state index in [4.69, 9.17) is 0 Å². The molecule has 1 unspecified atom stereocenters. The molecule has 0 aromatic carbocycles. The van der Waals surface area contributed by atoms with Gasteiger partial charge >= 0.3 is 0 Å². The lowest BCUT2D eigenvalue weighted by molar-refractivity contribution is -0.132. The predicted molar refractivity (Wildman–Crippen MR) is 67.7 cm³/mol. The van der Waals surface area contributed by atoms with Crippen LogP contribution >= 0.6 is 11.3 Å². The lowest BCUT2D eigenvalue weighted by atomic mass is 10.1. The van der Waals surface area contributed by atoms with E-state index in [9.17, 15) is 4.79 Å². The molecule has 0 N–H and O–H groups in total. The van der Waals surface area contributed by atoms with E-state index < -0.39 is 0 Å². The second-order valence-electron chi connectivity index (χ2n) is 4.37. The first-order valence-electron chi connectivity index (χ1n) is 6.13. The third kappa shape index (κ3) is 2.64. The van der Waals surface area contributed by atoms with Crippen LogP contribution in [0.1, 0.15) is 37.5 Å². The number of hydrogen-bond donors (Lipinski definition) is 0. The summed E-state index contributed by atoms with van der Waals surface area (Å²) in [5, 5.41) is 2.07. The highest BCUT2D eigenvalue weighted by atomic mass is 32.1. The zero-order valence-corrected chi connectivity index (χ0v) is 10.6. The Labute approximate surface area is 101 Å². The molecular weight excluding hydrogens is 218 g/mol. The van der Waals surface area contributed by atoms with Crippen molar-refractivity contribution in [1.82, 2.24) is 4.90 Å². The molecule has 1 aliphatic rings. The summed E-state index contributed by atoms with van der Waals surface area (Å²) < 4.78 is 0. The number of likely N-dealkylation sites (tertiary alicyclic amines) is 1. The summed E-state index contributed by atoms with van der Waals surface area (Å²) in [6.45, 7) is 3.15. The summed E-state index contributed by atoms with van der Waals surface area (Å²) in [5.74, 6) is 0.345. The molecule has 0 saturated carbocycles. The van der Waals surface area contributed by atoms with Crippen molar-refractivity contribution >= 4 is 17.2 Å². The molecule has 0 spiro atoms. The SMILES string of the molecule is CCC1CCCN1C(=O)CCc1cccs1. The van der Waals surface area contributed by atoms with Crippen LogP contribution in [0.15, 0.2) is 17.5 Å². The van der Waals surface area contributed by atoms with Crippen molar-refractivity contribution in [2.75, 3.05) is 6.54 Å². The van der Waals surface area contributed by atoms with Crippen LogP contribution in [-0.2, 0) is 11.2 Å². The second kappa shape index (κ2) is 5.48. The van der Waals surface area contributed by atoms with Crippen molar-refractivity contribution in [3.05, 3.63) is 22.4 Å². The smallest absolute Gasteiger partial charge is 0.223 e. The summed E-state index contributed by atoms with van der Waals surface area (Å²) >= 11 is 1.74. The molecule has 16 heavy (non-hydrogen) atoms. The molecule has 2 nitrogen and oxygen atoms in total. The molecule has 2 heterocycles. The Kier molecular flexibility index (Phi) is 3.99. The van der Waals surface area contributed by atoms with Gasteiger partial charge in [0.25, 0.3) is 0 Å². The molecule has 1 amide bonds. The monoisotopic (exact) mass is 237 g/mol. The average molecular weight is 237 g/mol. The van der Waals surface area contributed by atoms with Crippen LogP contribution in [-0.4, -0.2) is 23.4 Å². The van der Waals surface area contributed by atoms with Gasteiger partial charge in [0.05, 0.1) is 0 Å². The van der Waals surface area contributed by atoms with Crippen molar-refractivity contribution in [2.24, 2.45) is 0 Å². The first-order chi connectivity index (χ1) is 7.81. The van der Waals surface area contributed by atoms with Gasteiger partial charge in [-0.3, -0.25) is 4.79 Å². The Bertz CT molecular complexity index is 334. The largest absolute Gasteiger partial charge is 0.340 e. The quantitative estimate of drug-likeness (QED) is 0.788. The topological polar surface area (TPSA) is 20.3 Å². The van der Waals surface area contributed by atoms with Gasteiger partial charge in [0, 0.05) is 23.9 Å². The van der Waals surface area contributed by atoms with E-state index in [2.05, 4.69) is 29.3 Å².